The number of carboxylic acid groups (broad SMARTS) is 1. The number of amides is 2. The number of hydrogen-bond acceptors (Lipinski definition) is 4. The molecule has 2 amide bonds. The first-order valence-electron chi connectivity index (χ1n) is 13.9. The van der Waals surface area contributed by atoms with Gasteiger partial charge in [-0.3, -0.25) is 14.6 Å². The molecule has 1 fully saturated rings. The number of carbonyl (C=O) groups excluding carboxylic acids is 2. The highest BCUT2D eigenvalue weighted by Crippen LogP contribution is 2.64. The average Bonchev–Trinajstić information content (AvgIpc) is 3.30. The zero-order chi connectivity index (χ0) is 28.6. The van der Waals surface area contributed by atoms with E-state index in [-0.39, 0.29) is 23.3 Å². The summed E-state index contributed by atoms with van der Waals surface area (Å²) in [6.07, 6.45) is 1.73. The molecule has 4 aliphatic rings. The van der Waals surface area contributed by atoms with Crippen LogP contribution in [0, 0.1) is 11.8 Å². The van der Waals surface area contributed by atoms with Gasteiger partial charge in [0.25, 0.3) is 0 Å². The van der Waals surface area contributed by atoms with Gasteiger partial charge in [0, 0.05) is 17.5 Å². The van der Waals surface area contributed by atoms with Gasteiger partial charge < -0.3 is 5.11 Å². The summed E-state index contributed by atoms with van der Waals surface area (Å²) < 4.78 is 0. The number of hydrogen-bond donors (Lipinski definition) is 1. The molecule has 0 spiro atoms. The molecule has 1 heterocycles. The fourth-order valence-electron chi connectivity index (χ4n) is 7.63. The standard InChI is InChI=1S/C36H24N2O4/c39-33-31-30-23-13-3-6-16-26(23)36(27-17-7-4-14-24(27)30,20-37-28-18-8-5-15-25(28)35(41)42)32(31)34(40)38(33)29-19-9-11-21-10-1-2-12-22(21)29/h1-20,30-32H,(H,41,42)/t30?,31-,32-,36?/m0/s1. The second kappa shape index (κ2) is 8.82. The summed E-state index contributed by atoms with van der Waals surface area (Å²) in [5, 5.41) is 11.6. The molecule has 6 nitrogen and oxygen atoms in total. The van der Waals surface area contributed by atoms with Crippen LogP contribution in [-0.2, 0) is 15.0 Å². The number of carboxylic acids is 1. The molecule has 3 aliphatic carbocycles. The molecule has 2 atom stereocenters. The molecular formula is C36H24N2O4. The Balaban J connectivity index is 1.41. The lowest BCUT2D eigenvalue weighted by atomic mass is 9.47. The highest BCUT2D eigenvalue weighted by atomic mass is 16.4. The number of para-hydroxylation sites is 1. The maximum absolute atomic E-state index is 14.7. The summed E-state index contributed by atoms with van der Waals surface area (Å²) in [7, 11) is 0. The third-order valence-electron chi connectivity index (χ3n) is 9.23. The zero-order valence-corrected chi connectivity index (χ0v) is 22.3. The van der Waals surface area contributed by atoms with Gasteiger partial charge >= 0.3 is 5.97 Å². The third-order valence-corrected chi connectivity index (χ3v) is 9.23. The maximum atomic E-state index is 14.7. The average molecular weight is 549 g/mol. The molecule has 0 saturated carbocycles. The van der Waals surface area contributed by atoms with E-state index in [1.807, 2.05) is 91.0 Å². The van der Waals surface area contributed by atoms with Gasteiger partial charge in [0.05, 0.1) is 34.2 Å². The van der Waals surface area contributed by atoms with Crippen LogP contribution < -0.4 is 4.90 Å². The predicted molar refractivity (Wildman–Crippen MR) is 160 cm³/mol. The Morgan fingerprint density at radius 1 is 0.738 bits per heavy atom. The molecule has 2 bridgehead atoms. The molecule has 0 unspecified atom stereocenters. The number of carbonyl (C=O) groups is 3. The van der Waals surface area contributed by atoms with Gasteiger partial charge in [0.1, 0.15) is 0 Å². The largest absolute Gasteiger partial charge is 0.478 e. The molecule has 9 rings (SSSR count). The van der Waals surface area contributed by atoms with Crippen LogP contribution in [0.25, 0.3) is 10.8 Å². The van der Waals surface area contributed by atoms with Crippen LogP contribution in [0.2, 0.25) is 0 Å². The fourth-order valence-corrected chi connectivity index (χ4v) is 7.63. The Kier molecular flexibility index (Phi) is 5.13. The number of benzene rings is 5. The zero-order valence-electron chi connectivity index (χ0n) is 22.3. The van der Waals surface area contributed by atoms with E-state index in [1.165, 1.54) is 11.0 Å². The smallest absolute Gasteiger partial charge is 0.337 e. The molecule has 1 saturated heterocycles. The minimum absolute atomic E-state index is 0.0685. The molecule has 202 valence electrons. The van der Waals surface area contributed by atoms with Crippen molar-refractivity contribution in [1.29, 1.82) is 0 Å². The van der Waals surface area contributed by atoms with E-state index in [0.717, 1.165) is 33.0 Å². The molecule has 0 radical (unpaired) electrons. The third kappa shape index (κ3) is 3.09. The van der Waals surface area contributed by atoms with Gasteiger partial charge in [0.2, 0.25) is 11.8 Å². The van der Waals surface area contributed by atoms with Gasteiger partial charge in [-0.25, -0.2) is 9.69 Å². The molecule has 42 heavy (non-hydrogen) atoms. The Labute approximate surface area is 241 Å². The molecule has 5 aromatic carbocycles. The summed E-state index contributed by atoms with van der Waals surface area (Å²) in [5.74, 6) is -3.25. The van der Waals surface area contributed by atoms with Crippen LogP contribution in [0.15, 0.2) is 120 Å². The second-order valence-corrected chi connectivity index (χ2v) is 11.1. The van der Waals surface area contributed by atoms with E-state index < -0.39 is 23.2 Å². The first-order chi connectivity index (χ1) is 20.5. The van der Waals surface area contributed by atoms with Crippen molar-refractivity contribution in [3.63, 3.8) is 0 Å². The topological polar surface area (TPSA) is 87.0 Å². The van der Waals surface area contributed by atoms with Crippen molar-refractivity contribution < 1.29 is 19.5 Å². The number of imide groups is 1. The van der Waals surface area contributed by atoms with Gasteiger partial charge in [-0.2, -0.15) is 0 Å². The summed E-state index contributed by atoms with van der Waals surface area (Å²) in [4.78, 5) is 47.5. The Morgan fingerprint density at radius 2 is 1.36 bits per heavy atom. The molecule has 1 aliphatic heterocycles. The minimum atomic E-state index is -1.08. The van der Waals surface area contributed by atoms with Crippen LogP contribution in [0.3, 0.4) is 0 Å². The van der Waals surface area contributed by atoms with Crippen LogP contribution in [0.1, 0.15) is 38.5 Å². The number of anilines is 1. The van der Waals surface area contributed by atoms with Gasteiger partial charge in [-0.05, 0) is 45.8 Å². The van der Waals surface area contributed by atoms with E-state index in [9.17, 15) is 19.5 Å². The van der Waals surface area contributed by atoms with Gasteiger partial charge in [0.15, 0.2) is 0 Å². The highest BCUT2D eigenvalue weighted by Gasteiger charge is 2.68. The Bertz CT molecular complexity index is 1960. The number of aromatic carboxylic acids is 1. The van der Waals surface area contributed by atoms with Crippen LogP contribution in [0.5, 0.6) is 0 Å². The van der Waals surface area contributed by atoms with Gasteiger partial charge in [-0.15, -0.1) is 0 Å². The van der Waals surface area contributed by atoms with Crippen LogP contribution >= 0.6 is 0 Å². The van der Waals surface area contributed by atoms with E-state index in [4.69, 9.17) is 4.99 Å². The molecular weight excluding hydrogens is 524 g/mol. The van der Waals surface area contributed by atoms with Crippen molar-refractivity contribution in [3.05, 3.63) is 143 Å². The molecule has 1 N–H and O–H groups in total. The fraction of sp³-hybridized carbons (Fsp3) is 0.111. The van der Waals surface area contributed by atoms with E-state index in [0.29, 0.717) is 11.4 Å². The lowest BCUT2D eigenvalue weighted by molar-refractivity contribution is -0.122. The number of aliphatic imine (C=N–C) groups is 1. The predicted octanol–water partition coefficient (Wildman–Crippen LogP) is 6.49. The molecule has 6 heteroatoms. The number of rotatable bonds is 4. The number of fused-ring (bicyclic) bond motifs is 1. The molecule has 5 aromatic rings. The SMILES string of the molecule is O=C(O)c1ccccc1N=CC12c3ccccc3C(c3ccccc31)[C@@H]1C(=O)N(c3cccc4ccccc34)C(=O)[C@H]12. The normalized spacial score (nSPS) is 23.7. The summed E-state index contributed by atoms with van der Waals surface area (Å²) >= 11 is 0. The van der Waals surface area contributed by atoms with Crippen LogP contribution in [0.4, 0.5) is 11.4 Å². The first kappa shape index (κ1) is 24.4. The van der Waals surface area contributed by atoms with Crippen molar-refractivity contribution in [2.45, 2.75) is 11.3 Å². The first-order valence-corrected chi connectivity index (χ1v) is 13.9. The van der Waals surface area contributed by atoms with E-state index in [1.54, 1.807) is 24.4 Å². The second-order valence-electron chi connectivity index (χ2n) is 11.1. The van der Waals surface area contributed by atoms with Crippen LogP contribution in [-0.4, -0.2) is 29.1 Å². The lowest BCUT2D eigenvalue weighted by Gasteiger charge is -2.52. The quantitative estimate of drug-likeness (QED) is 0.205. The summed E-state index contributed by atoms with van der Waals surface area (Å²) in [6.45, 7) is 0. The minimum Gasteiger partial charge on any atom is -0.478 e. The molecule has 0 aromatic heterocycles. The van der Waals surface area contributed by atoms with Crippen molar-refractivity contribution in [2.75, 3.05) is 4.90 Å². The van der Waals surface area contributed by atoms with E-state index in [2.05, 4.69) is 0 Å². The van der Waals surface area contributed by atoms with Crippen molar-refractivity contribution in [1.82, 2.24) is 0 Å². The Hall–Kier alpha value is -5.36. The van der Waals surface area contributed by atoms with E-state index >= 15 is 0 Å². The van der Waals surface area contributed by atoms with Gasteiger partial charge in [-0.1, -0.05) is 97.1 Å². The maximum Gasteiger partial charge on any atom is 0.337 e. The number of nitrogens with zero attached hydrogens (tertiary/aromatic N) is 2. The summed E-state index contributed by atoms with van der Waals surface area (Å²) in [6, 6.07) is 35.9. The lowest BCUT2D eigenvalue weighted by Crippen LogP contribution is -2.54. The monoisotopic (exact) mass is 548 g/mol. The van der Waals surface area contributed by atoms with Crippen molar-refractivity contribution >= 4 is 46.1 Å². The van der Waals surface area contributed by atoms with Crippen molar-refractivity contribution in [2.24, 2.45) is 16.8 Å². The summed E-state index contributed by atoms with van der Waals surface area (Å²) in [5.41, 5.74) is 3.70. The van der Waals surface area contributed by atoms with Crippen molar-refractivity contribution in [3.8, 4) is 0 Å². The highest BCUT2D eigenvalue weighted by molar-refractivity contribution is 6.27. The Morgan fingerprint density at radius 3 is 2.10 bits per heavy atom.